The van der Waals surface area contributed by atoms with Crippen LogP contribution in [0.2, 0.25) is 0 Å². The zero-order valence-corrected chi connectivity index (χ0v) is 36.6. The molecule has 0 aromatic rings. The van der Waals surface area contributed by atoms with Crippen LogP contribution in [0, 0.1) is 29.6 Å². The Kier molecular flexibility index (Phi) is 18.1. The largest absolute Gasteiger partial charge is 0.456 e. The summed E-state index contributed by atoms with van der Waals surface area (Å²) in [5.74, 6) is -7.57. The molecule has 3 N–H and O–H groups in total. The molecule has 0 radical (unpaired) electrons. The summed E-state index contributed by atoms with van der Waals surface area (Å²) in [5, 5.41) is 12.0. The second-order valence-electron chi connectivity index (χ2n) is 17.7. The van der Waals surface area contributed by atoms with Crippen molar-refractivity contribution in [2.45, 2.75) is 180 Å². The number of nitrogens with two attached hydrogens (primary N) is 1. The number of aliphatic hydroxyl groups is 1. The summed E-state index contributed by atoms with van der Waals surface area (Å²) < 4.78 is 46.5. The number of methoxy groups -OCH3 is 2. The predicted octanol–water partition coefficient (Wildman–Crippen LogP) is 6.20. The number of allylic oxidation sites excluding steroid dienone is 3. The topological polar surface area (TPSA) is 164 Å². The Labute approximate surface area is 346 Å². The second-order valence-corrected chi connectivity index (χ2v) is 17.7. The zero-order valence-electron chi connectivity index (χ0n) is 36.6. The van der Waals surface area contributed by atoms with Crippen LogP contribution in [0.4, 0.5) is 4.39 Å². The van der Waals surface area contributed by atoms with Gasteiger partial charge in [-0.1, -0.05) is 46.8 Å². The molecule has 12 nitrogen and oxygen atoms in total. The van der Waals surface area contributed by atoms with E-state index in [0.717, 1.165) is 31.3 Å². The third-order valence-electron chi connectivity index (χ3n) is 13.3. The highest BCUT2D eigenvalue weighted by Gasteiger charge is 2.56. The minimum Gasteiger partial charge on any atom is -0.456 e. The Bertz CT molecular complexity index is 1470. The average Bonchev–Trinajstić information content (AvgIpc) is 3.22. The molecule has 58 heavy (non-hydrogen) atoms. The van der Waals surface area contributed by atoms with Crippen LogP contribution in [0.25, 0.3) is 0 Å². The molecule has 14 atom stereocenters. The molecular weight excluding hydrogens is 747 g/mol. The van der Waals surface area contributed by atoms with E-state index in [1.807, 2.05) is 20.8 Å². The third-order valence-corrected chi connectivity index (χ3v) is 13.3. The molecule has 2 saturated heterocycles. The molecule has 14 unspecified atom stereocenters. The maximum Gasteiger partial charge on any atom is 0.329 e. The first-order valence-electron chi connectivity index (χ1n) is 21.9. The standard InChI is InChI=1S/C45H73FN2O10/c1-10-20-56-36-25-31(16-17-33(36)47)21-29(6)40-26(3)15-18-35(49)32(11-2)22-27(4)39(46)28(5)23-37(54-8)41-38(55-9)24-30(7)45(53,58-41)42(50)43(51)48-19-13-12-14-34(48)44(52)57-40/h21-22,26,28,30-34,36-41,53H,10-20,23-25,47H2,1-9H3/b27-22+,29-21?. The van der Waals surface area contributed by atoms with E-state index in [0.29, 0.717) is 37.9 Å². The summed E-state index contributed by atoms with van der Waals surface area (Å²) >= 11 is 0. The molecule has 2 bridgehead atoms. The number of alkyl halides is 1. The van der Waals surface area contributed by atoms with Crippen LogP contribution < -0.4 is 5.73 Å². The summed E-state index contributed by atoms with van der Waals surface area (Å²) in [6.07, 6.45) is 5.25. The normalized spacial score (nSPS) is 40.6. The van der Waals surface area contributed by atoms with E-state index >= 15 is 4.39 Å². The van der Waals surface area contributed by atoms with Crippen molar-refractivity contribution in [3.05, 3.63) is 23.3 Å². The Morgan fingerprint density at radius 3 is 2.33 bits per heavy atom. The molecule has 0 spiro atoms. The van der Waals surface area contributed by atoms with Crippen LogP contribution >= 0.6 is 0 Å². The summed E-state index contributed by atoms with van der Waals surface area (Å²) in [6, 6.07) is -1.13. The van der Waals surface area contributed by atoms with E-state index in [1.165, 1.54) is 19.1 Å². The number of carbonyl (C=O) groups is 4. The van der Waals surface area contributed by atoms with E-state index in [9.17, 15) is 24.3 Å². The van der Waals surface area contributed by atoms with Crippen LogP contribution in [-0.4, -0.2) is 115 Å². The van der Waals surface area contributed by atoms with Crippen molar-refractivity contribution in [2.75, 3.05) is 27.4 Å². The van der Waals surface area contributed by atoms with Gasteiger partial charge in [0.2, 0.25) is 5.79 Å². The number of ketones is 2. The minimum atomic E-state index is -2.56. The fraction of sp³-hybridized carbons (Fsp3) is 0.822. The van der Waals surface area contributed by atoms with Gasteiger partial charge in [-0.15, -0.1) is 0 Å². The molecule has 0 aromatic heterocycles. The van der Waals surface area contributed by atoms with Crippen molar-refractivity contribution in [3.63, 3.8) is 0 Å². The molecular formula is C45H73FN2O10. The number of amides is 1. The fourth-order valence-corrected chi connectivity index (χ4v) is 9.55. The Balaban J connectivity index is 1.75. The van der Waals surface area contributed by atoms with Crippen LogP contribution in [0.5, 0.6) is 0 Å². The number of rotatable bonds is 8. The van der Waals surface area contributed by atoms with Gasteiger partial charge in [-0.3, -0.25) is 14.4 Å². The number of carbonyl (C=O) groups excluding carboxylic acids is 4. The van der Waals surface area contributed by atoms with Gasteiger partial charge in [0, 0.05) is 51.7 Å². The quantitative estimate of drug-likeness (QED) is 0.163. The number of ether oxygens (including phenoxy) is 5. The van der Waals surface area contributed by atoms with Crippen molar-refractivity contribution in [3.8, 4) is 0 Å². The number of piperidine rings is 1. The molecule has 1 saturated carbocycles. The molecule has 13 heteroatoms. The average molecular weight is 821 g/mol. The maximum atomic E-state index is 16.2. The molecule has 1 amide bonds. The highest BCUT2D eigenvalue weighted by molar-refractivity contribution is 6.39. The van der Waals surface area contributed by atoms with E-state index in [2.05, 4.69) is 13.0 Å². The number of hydrogen-bond donors (Lipinski definition) is 2. The first kappa shape index (κ1) is 48.1. The second kappa shape index (κ2) is 21.8. The van der Waals surface area contributed by atoms with Gasteiger partial charge in [0.05, 0.1) is 18.3 Å². The third kappa shape index (κ3) is 11.4. The van der Waals surface area contributed by atoms with Gasteiger partial charge >= 0.3 is 5.97 Å². The van der Waals surface area contributed by atoms with Crippen molar-refractivity contribution in [2.24, 2.45) is 35.3 Å². The molecule has 3 aliphatic heterocycles. The lowest BCUT2D eigenvalue weighted by molar-refractivity contribution is -0.302. The van der Waals surface area contributed by atoms with Gasteiger partial charge in [-0.05, 0) is 113 Å². The highest BCUT2D eigenvalue weighted by atomic mass is 19.1. The SMILES string of the molecule is CCCOC1CC(C=C(C)C2OC(=O)C3CCCCN3C(=O)C(=O)C3(O)OC(C(OC)CC(C)C(F)/C(C)=C/C(CC)C(=O)CCC2C)C(OC)CC3C)CCC1N. The lowest BCUT2D eigenvalue weighted by atomic mass is 9.81. The molecule has 1 aliphatic carbocycles. The van der Waals surface area contributed by atoms with E-state index in [4.69, 9.17) is 29.4 Å². The molecule has 3 fully saturated rings. The number of halogens is 1. The maximum absolute atomic E-state index is 16.2. The van der Waals surface area contributed by atoms with Crippen molar-refractivity contribution in [1.29, 1.82) is 0 Å². The van der Waals surface area contributed by atoms with Crippen LogP contribution in [0.1, 0.15) is 126 Å². The van der Waals surface area contributed by atoms with Crippen molar-refractivity contribution in [1.82, 2.24) is 4.90 Å². The number of cyclic esters (lactones) is 1. The Hall–Kier alpha value is -2.55. The molecule has 0 aromatic carbocycles. The predicted molar refractivity (Wildman–Crippen MR) is 218 cm³/mol. The van der Waals surface area contributed by atoms with E-state index in [-0.39, 0.29) is 62.0 Å². The number of nitrogens with zero attached hydrogens (tertiary/aromatic N) is 1. The highest BCUT2D eigenvalue weighted by Crippen LogP contribution is 2.39. The lowest BCUT2D eigenvalue weighted by Gasteiger charge is -2.47. The van der Waals surface area contributed by atoms with Gasteiger partial charge in [-0.2, -0.15) is 0 Å². The van der Waals surface area contributed by atoms with E-state index < -0.39 is 77.8 Å². The smallest absolute Gasteiger partial charge is 0.329 e. The van der Waals surface area contributed by atoms with Gasteiger partial charge in [0.25, 0.3) is 11.7 Å². The molecule has 4 rings (SSSR count). The summed E-state index contributed by atoms with van der Waals surface area (Å²) in [6.45, 7) is 13.6. The Morgan fingerprint density at radius 1 is 0.983 bits per heavy atom. The van der Waals surface area contributed by atoms with Crippen LogP contribution in [0.3, 0.4) is 0 Å². The number of hydrogen-bond acceptors (Lipinski definition) is 11. The zero-order chi connectivity index (χ0) is 42.9. The molecule has 330 valence electrons. The van der Waals surface area contributed by atoms with Crippen LogP contribution in [-0.2, 0) is 42.9 Å². The first-order chi connectivity index (χ1) is 27.5. The monoisotopic (exact) mass is 821 g/mol. The first-order valence-corrected chi connectivity index (χ1v) is 21.9. The van der Waals surface area contributed by atoms with Gasteiger partial charge in [-0.25, -0.2) is 9.18 Å². The van der Waals surface area contributed by atoms with E-state index in [1.54, 1.807) is 26.8 Å². The lowest BCUT2D eigenvalue weighted by Crippen LogP contribution is -2.64. The minimum absolute atomic E-state index is 0.0207. The summed E-state index contributed by atoms with van der Waals surface area (Å²) in [7, 11) is 2.93. The van der Waals surface area contributed by atoms with Crippen molar-refractivity contribution < 1.29 is 52.4 Å². The van der Waals surface area contributed by atoms with Gasteiger partial charge in [0.1, 0.15) is 30.2 Å². The summed E-state index contributed by atoms with van der Waals surface area (Å²) in [4.78, 5) is 57.8. The Morgan fingerprint density at radius 2 is 1.67 bits per heavy atom. The molecule has 4 aliphatic rings. The fourth-order valence-electron chi connectivity index (χ4n) is 9.55. The number of fused-ring (bicyclic) bond motifs is 3. The van der Waals surface area contributed by atoms with Crippen LogP contribution in [0.15, 0.2) is 23.3 Å². The number of esters is 1. The van der Waals surface area contributed by atoms with Gasteiger partial charge in [0.15, 0.2) is 0 Å². The molecule has 3 heterocycles. The summed E-state index contributed by atoms with van der Waals surface area (Å²) in [5.41, 5.74) is 7.68. The van der Waals surface area contributed by atoms with Gasteiger partial charge < -0.3 is 39.4 Å². The number of Topliss-reactive ketones (excluding diaryl/α,β-unsaturated/α-hetero) is 2. The van der Waals surface area contributed by atoms with Crippen molar-refractivity contribution >= 4 is 23.4 Å².